The van der Waals surface area contributed by atoms with Crippen molar-refractivity contribution < 1.29 is 4.39 Å². The molecule has 0 unspecified atom stereocenters. The van der Waals surface area contributed by atoms with E-state index in [0.717, 1.165) is 42.9 Å². The number of piperidine rings is 1. The number of nitrogens with zero attached hydrogens (tertiary/aromatic N) is 2. The van der Waals surface area contributed by atoms with Crippen LogP contribution in [0.15, 0.2) is 27.7 Å². The second-order valence-corrected chi connectivity index (χ2v) is 7.39. The molecule has 1 heterocycles. The SMILES string of the molecule is CCNC(=NCc1cc(Br)ccc1F)NC1CCN(C(C)C)CC1. The average Bonchev–Trinajstić information content (AvgIpc) is 2.56. The second-order valence-electron chi connectivity index (χ2n) is 6.48. The van der Waals surface area contributed by atoms with Crippen molar-refractivity contribution >= 4 is 21.9 Å². The molecule has 134 valence electrons. The molecule has 0 atom stereocenters. The van der Waals surface area contributed by atoms with Crippen molar-refractivity contribution in [2.45, 2.75) is 52.2 Å². The molecule has 1 fully saturated rings. The Morgan fingerprint density at radius 2 is 2.08 bits per heavy atom. The standard InChI is InChI=1S/C18H28BrFN4/c1-4-21-18(22-12-14-11-15(19)5-6-17(14)20)23-16-7-9-24(10-8-16)13(2)3/h5-6,11,13,16H,4,7-10,12H2,1-3H3,(H2,21,22,23). The molecule has 4 nitrogen and oxygen atoms in total. The average molecular weight is 399 g/mol. The van der Waals surface area contributed by atoms with Gasteiger partial charge in [-0.05, 0) is 51.8 Å². The molecule has 0 spiro atoms. The Morgan fingerprint density at radius 1 is 1.38 bits per heavy atom. The van der Waals surface area contributed by atoms with Crippen molar-refractivity contribution in [1.82, 2.24) is 15.5 Å². The second kappa shape index (κ2) is 9.37. The van der Waals surface area contributed by atoms with Gasteiger partial charge in [0.05, 0.1) is 6.54 Å². The third-order valence-electron chi connectivity index (χ3n) is 4.36. The maximum atomic E-state index is 13.8. The highest BCUT2D eigenvalue weighted by Crippen LogP contribution is 2.16. The van der Waals surface area contributed by atoms with Crippen LogP contribution >= 0.6 is 15.9 Å². The molecule has 24 heavy (non-hydrogen) atoms. The molecular formula is C18H28BrFN4. The molecule has 2 rings (SSSR count). The molecule has 0 aliphatic carbocycles. The number of nitrogens with one attached hydrogen (secondary N) is 2. The Balaban J connectivity index is 1.95. The summed E-state index contributed by atoms with van der Waals surface area (Å²) in [5.41, 5.74) is 0.594. The zero-order valence-corrected chi connectivity index (χ0v) is 16.4. The number of likely N-dealkylation sites (tertiary alicyclic amines) is 1. The predicted molar refractivity (Wildman–Crippen MR) is 102 cm³/mol. The molecule has 2 N–H and O–H groups in total. The van der Waals surface area contributed by atoms with Crippen molar-refractivity contribution in [2.24, 2.45) is 4.99 Å². The van der Waals surface area contributed by atoms with Crippen molar-refractivity contribution in [3.05, 3.63) is 34.1 Å². The highest BCUT2D eigenvalue weighted by molar-refractivity contribution is 9.10. The van der Waals surface area contributed by atoms with Gasteiger partial charge in [-0.25, -0.2) is 9.38 Å². The van der Waals surface area contributed by atoms with Crippen LogP contribution in [0, 0.1) is 5.82 Å². The molecule has 6 heteroatoms. The Bertz CT molecular complexity index is 554. The number of benzene rings is 1. The van der Waals surface area contributed by atoms with Gasteiger partial charge in [-0.2, -0.15) is 0 Å². The summed E-state index contributed by atoms with van der Waals surface area (Å²) < 4.78 is 14.7. The topological polar surface area (TPSA) is 39.7 Å². The molecule has 0 amide bonds. The summed E-state index contributed by atoms with van der Waals surface area (Å²) in [6.07, 6.45) is 2.21. The van der Waals surface area contributed by atoms with Crippen LogP contribution < -0.4 is 10.6 Å². The van der Waals surface area contributed by atoms with Crippen molar-refractivity contribution in [2.75, 3.05) is 19.6 Å². The maximum Gasteiger partial charge on any atom is 0.191 e. The van der Waals surface area contributed by atoms with Crippen LogP contribution in [0.2, 0.25) is 0 Å². The van der Waals surface area contributed by atoms with Crippen molar-refractivity contribution in [3.63, 3.8) is 0 Å². The van der Waals surface area contributed by atoms with Gasteiger partial charge in [0, 0.05) is 41.8 Å². The number of hydrogen-bond acceptors (Lipinski definition) is 2. The Kier molecular flexibility index (Phi) is 7.49. The summed E-state index contributed by atoms with van der Waals surface area (Å²) in [5.74, 6) is 0.544. The van der Waals surface area contributed by atoms with E-state index in [1.54, 1.807) is 12.1 Å². The summed E-state index contributed by atoms with van der Waals surface area (Å²) in [5, 5.41) is 6.76. The van der Waals surface area contributed by atoms with Gasteiger partial charge < -0.3 is 15.5 Å². The monoisotopic (exact) mass is 398 g/mol. The highest BCUT2D eigenvalue weighted by atomic mass is 79.9. The van der Waals surface area contributed by atoms with Crippen LogP contribution in [-0.2, 0) is 6.54 Å². The molecule has 0 aromatic heterocycles. The summed E-state index contributed by atoms with van der Waals surface area (Å²) in [6, 6.07) is 5.98. The fraction of sp³-hybridized carbons (Fsp3) is 0.611. The summed E-state index contributed by atoms with van der Waals surface area (Å²) in [4.78, 5) is 7.05. The number of guanidine groups is 1. The van der Waals surface area contributed by atoms with Gasteiger partial charge in [0.25, 0.3) is 0 Å². The molecular weight excluding hydrogens is 371 g/mol. The smallest absolute Gasteiger partial charge is 0.191 e. The molecule has 1 aliphatic heterocycles. The maximum absolute atomic E-state index is 13.8. The number of rotatable bonds is 5. The third-order valence-corrected chi connectivity index (χ3v) is 4.85. The van der Waals surface area contributed by atoms with E-state index in [9.17, 15) is 4.39 Å². The molecule has 0 bridgehead atoms. The van der Waals surface area contributed by atoms with Gasteiger partial charge in [-0.15, -0.1) is 0 Å². The predicted octanol–water partition coefficient (Wildman–Crippen LogP) is 3.52. The van der Waals surface area contributed by atoms with Crippen molar-refractivity contribution in [3.8, 4) is 0 Å². The van der Waals surface area contributed by atoms with E-state index in [1.165, 1.54) is 6.07 Å². The first-order valence-electron chi connectivity index (χ1n) is 8.72. The zero-order valence-electron chi connectivity index (χ0n) is 14.8. The largest absolute Gasteiger partial charge is 0.357 e. The van der Waals surface area contributed by atoms with Crippen molar-refractivity contribution in [1.29, 1.82) is 0 Å². The molecule has 1 aromatic rings. The normalized spacial score (nSPS) is 17.3. The van der Waals surface area contributed by atoms with E-state index in [-0.39, 0.29) is 5.82 Å². The number of halogens is 2. The van der Waals surface area contributed by atoms with E-state index in [0.29, 0.717) is 24.2 Å². The van der Waals surface area contributed by atoms with E-state index in [4.69, 9.17) is 0 Å². The number of hydrogen-bond donors (Lipinski definition) is 2. The summed E-state index contributed by atoms with van der Waals surface area (Å²) >= 11 is 3.38. The lowest BCUT2D eigenvalue weighted by molar-refractivity contribution is 0.167. The van der Waals surface area contributed by atoms with E-state index < -0.39 is 0 Å². The van der Waals surface area contributed by atoms with Gasteiger partial charge in [0.15, 0.2) is 5.96 Å². The molecule has 1 aromatic carbocycles. The fourth-order valence-electron chi connectivity index (χ4n) is 2.90. The Morgan fingerprint density at radius 3 is 2.71 bits per heavy atom. The molecule has 0 saturated carbocycles. The Labute approximate surface area is 153 Å². The van der Waals surface area contributed by atoms with Gasteiger partial charge in [-0.1, -0.05) is 15.9 Å². The summed E-state index contributed by atoms with van der Waals surface area (Å²) in [7, 11) is 0. The van der Waals surface area contributed by atoms with E-state index in [1.807, 2.05) is 6.92 Å². The van der Waals surface area contributed by atoms with E-state index >= 15 is 0 Å². The zero-order chi connectivity index (χ0) is 17.5. The first kappa shape index (κ1) is 19.2. The highest BCUT2D eigenvalue weighted by Gasteiger charge is 2.21. The lowest BCUT2D eigenvalue weighted by Gasteiger charge is -2.35. The minimum Gasteiger partial charge on any atom is -0.357 e. The van der Waals surface area contributed by atoms with E-state index in [2.05, 4.69) is 50.3 Å². The van der Waals surface area contributed by atoms with Crippen LogP contribution in [0.25, 0.3) is 0 Å². The fourth-order valence-corrected chi connectivity index (χ4v) is 3.31. The molecule has 0 radical (unpaired) electrons. The van der Waals surface area contributed by atoms with Gasteiger partial charge in [-0.3, -0.25) is 0 Å². The van der Waals surface area contributed by atoms with Gasteiger partial charge in [0.2, 0.25) is 0 Å². The van der Waals surface area contributed by atoms with Crippen LogP contribution in [0.1, 0.15) is 39.2 Å². The first-order chi connectivity index (χ1) is 11.5. The summed E-state index contributed by atoms with van der Waals surface area (Å²) in [6.45, 7) is 9.85. The number of aliphatic imine (C=N–C) groups is 1. The van der Waals surface area contributed by atoms with Crippen LogP contribution in [0.3, 0.4) is 0 Å². The first-order valence-corrected chi connectivity index (χ1v) is 9.51. The third kappa shape index (κ3) is 5.74. The Hall–Kier alpha value is -1.14. The lowest BCUT2D eigenvalue weighted by Crippen LogP contribution is -2.49. The van der Waals surface area contributed by atoms with Gasteiger partial charge >= 0.3 is 0 Å². The van der Waals surface area contributed by atoms with Crippen LogP contribution in [0.4, 0.5) is 4.39 Å². The van der Waals surface area contributed by atoms with Crippen LogP contribution in [0.5, 0.6) is 0 Å². The minimum absolute atomic E-state index is 0.219. The van der Waals surface area contributed by atoms with Crippen LogP contribution in [-0.4, -0.2) is 42.6 Å². The molecule has 1 saturated heterocycles. The minimum atomic E-state index is -0.219. The molecule has 1 aliphatic rings. The van der Waals surface area contributed by atoms with Gasteiger partial charge in [0.1, 0.15) is 5.82 Å². The quantitative estimate of drug-likeness (QED) is 0.588. The lowest BCUT2D eigenvalue weighted by atomic mass is 10.0.